The van der Waals surface area contributed by atoms with Gasteiger partial charge in [0.05, 0.1) is 32.8 Å². The highest BCUT2D eigenvalue weighted by Crippen LogP contribution is 2.34. The molecule has 1 aliphatic carbocycles. The Balaban J connectivity index is 1.63. The van der Waals surface area contributed by atoms with E-state index in [-0.39, 0.29) is 11.7 Å². The molecule has 3 aromatic rings. The number of carbonyl (C=O) groups excluding carboxylic acids is 1. The molecule has 1 saturated carbocycles. The number of thiazole rings is 1. The molecular weight excluding hydrogens is 484 g/mol. The van der Waals surface area contributed by atoms with Crippen molar-refractivity contribution in [3.8, 4) is 6.07 Å². The van der Waals surface area contributed by atoms with Gasteiger partial charge in [-0.1, -0.05) is 60.8 Å². The van der Waals surface area contributed by atoms with E-state index in [0.29, 0.717) is 26.8 Å². The molecule has 34 heavy (non-hydrogen) atoms. The number of hydrogen-bond donors (Lipinski definition) is 0. The molecule has 1 unspecified atom stereocenters. The Morgan fingerprint density at radius 3 is 2.76 bits per heavy atom. The van der Waals surface area contributed by atoms with Gasteiger partial charge >= 0.3 is 0 Å². The normalized spacial score (nSPS) is 15.8. The van der Waals surface area contributed by atoms with Crippen molar-refractivity contribution >= 4 is 61.6 Å². The molecule has 1 fully saturated rings. The van der Waals surface area contributed by atoms with Crippen LogP contribution in [0.15, 0.2) is 47.5 Å². The van der Waals surface area contributed by atoms with Crippen molar-refractivity contribution in [3.05, 3.63) is 58.1 Å². The summed E-state index contributed by atoms with van der Waals surface area (Å²) in [5.74, 6) is -0.365. The van der Waals surface area contributed by atoms with E-state index < -0.39 is 5.92 Å². The largest absolute Gasteiger partial charge is 0.342 e. The minimum atomic E-state index is -0.659. The fourth-order valence-electron chi connectivity index (χ4n) is 4.16. The summed E-state index contributed by atoms with van der Waals surface area (Å²) in [5.41, 5.74) is 2.40. The Bertz CT molecular complexity index is 1210. The number of amides is 1. The van der Waals surface area contributed by atoms with Crippen LogP contribution in [-0.4, -0.2) is 39.7 Å². The lowest BCUT2D eigenvalue weighted by Gasteiger charge is -2.31. The number of rotatable bonds is 6. The lowest BCUT2D eigenvalue weighted by molar-refractivity contribution is -0.129. The third kappa shape index (κ3) is 5.63. The number of halogens is 1. The van der Waals surface area contributed by atoms with Gasteiger partial charge in [0.2, 0.25) is 5.91 Å². The number of nitrogens with zero attached hydrogens (tertiary/aromatic N) is 4. The van der Waals surface area contributed by atoms with Crippen LogP contribution < -0.4 is 0 Å². The number of aromatic nitrogens is 1. The number of para-hydroxylation sites is 1. The molecule has 0 saturated heterocycles. The molecule has 1 amide bonds. The third-order valence-corrected chi connectivity index (χ3v) is 8.79. The number of hydrogen-bond acceptors (Lipinski definition) is 6. The predicted octanol–water partition coefficient (Wildman–Crippen LogP) is 7.12. The average molecular weight is 511 g/mol. The second kappa shape index (κ2) is 11.4. The highest BCUT2D eigenvalue weighted by atomic mass is 35.5. The summed E-state index contributed by atoms with van der Waals surface area (Å²) in [6.07, 6.45) is 5.70. The lowest BCUT2D eigenvalue weighted by atomic mass is 9.94. The van der Waals surface area contributed by atoms with Gasteiger partial charge in [0.25, 0.3) is 0 Å². The molecule has 5 nitrogen and oxygen atoms in total. The minimum absolute atomic E-state index is 0.0633. The maximum atomic E-state index is 13.0. The molecule has 0 N–H and O–H groups in total. The number of thioether (sulfide) groups is 1. The number of nitriles is 1. The summed E-state index contributed by atoms with van der Waals surface area (Å²) in [6, 6.07) is 16.1. The zero-order chi connectivity index (χ0) is 24.1. The van der Waals surface area contributed by atoms with Crippen molar-refractivity contribution in [2.45, 2.75) is 51.0 Å². The molecular formula is C26H27ClN4OS2. The molecule has 1 atom stereocenters. The zero-order valence-electron chi connectivity index (χ0n) is 19.3. The van der Waals surface area contributed by atoms with Gasteiger partial charge in [0, 0.05) is 18.1 Å². The quantitative estimate of drug-likeness (QED) is 0.261. The number of aliphatic imine (C=N–C) groups is 1. The number of carbonyl (C=O) groups is 1. The van der Waals surface area contributed by atoms with Crippen molar-refractivity contribution in [1.29, 1.82) is 5.26 Å². The number of fused-ring (bicyclic) bond motifs is 1. The van der Waals surface area contributed by atoms with Crippen LogP contribution in [0.5, 0.6) is 0 Å². The van der Waals surface area contributed by atoms with E-state index in [4.69, 9.17) is 21.6 Å². The molecule has 0 radical (unpaired) electrons. The van der Waals surface area contributed by atoms with Gasteiger partial charge in [-0.25, -0.2) is 9.98 Å². The molecule has 1 heterocycles. The SMILES string of the molecule is Cc1c(Cl)cccc1N=C(SCC(=O)N(C)C1CCCCC1)C(C#N)c1nc2ccccc2s1. The molecule has 0 spiro atoms. The summed E-state index contributed by atoms with van der Waals surface area (Å²) < 4.78 is 1.02. The van der Waals surface area contributed by atoms with Gasteiger partial charge in [0.1, 0.15) is 10.9 Å². The van der Waals surface area contributed by atoms with Crippen molar-refractivity contribution in [2.75, 3.05) is 12.8 Å². The minimum Gasteiger partial charge on any atom is -0.342 e. The Hall–Kier alpha value is -2.40. The average Bonchev–Trinajstić information content (AvgIpc) is 3.29. The Morgan fingerprint density at radius 2 is 2.03 bits per heavy atom. The fourth-order valence-corrected chi connectivity index (χ4v) is 6.38. The maximum absolute atomic E-state index is 13.0. The van der Waals surface area contributed by atoms with Gasteiger partial charge in [-0.3, -0.25) is 4.79 Å². The van der Waals surface area contributed by atoms with Crippen molar-refractivity contribution in [2.24, 2.45) is 4.99 Å². The van der Waals surface area contributed by atoms with E-state index in [1.54, 1.807) is 0 Å². The first kappa shape index (κ1) is 24.7. The second-order valence-electron chi connectivity index (χ2n) is 8.50. The smallest absolute Gasteiger partial charge is 0.232 e. The van der Waals surface area contributed by atoms with E-state index >= 15 is 0 Å². The second-order valence-corrected chi connectivity index (χ2v) is 11.0. The summed E-state index contributed by atoms with van der Waals surface area (Å²) in [7, 11) is 1.89. The van der Waals surface area contributed by atoms with E-state index in [9.17, 15) is 10.1 Å². The van der Waals surface area contributed by atoms with Crippen LogP contribution in [0.4, 0.5) is 5.69 Å². The van der Waals surface area contributed by atoms with Crippen LogP contribution in [-0.2, 0) is 4.79 Å². The third-order valence-electron chi connectivity index (χ3n) is 6.26. The van der Waals surface area contributed by atoms with E-state index in [2.05, 4.69) is 6.07 Å². The standard InChI is InChI=1S/C26H27ClN4OS2/c1-17-20(27)11-8-13-21(17)29-25(33-16-24(32)31(2)18-9-4-3-5-10-18)19(15-28)26-30-22-12-6-7-14-23(22)34-26/h6-8,11-14,18-19H,3-5,9-10,16H2,1-2H3. The Kier molecular flexibility index (Phi) is 8.25. The van der Waals surface area contributed by atoms with Gasteiger partial charge in [0.15, 0.2) is 0 Å². The van der Waals surface area contributed by atoms with Crippen LogP contribution in [0, 0.1) is 18.3 Å². The molecule has 176 valence electrons. The van der Waals surface area contributed by atoms with Crippen molar-refractivity contribution in [1.82, 2.24) is 9.88 Å². The molecule has 0 bridgehead atoms. The maximum Gasteiger partial charge on any atom is 0.232 e. The molecule has 2 aromatic carbocycles. The zero-order valence-corrected chi connectivity index (χ0v) is 21.7. The van der Waals surface area contributed by atoms with Crippen molar-refractivity contribution in [3.63, 3.8) is 0 Å². The Labute approximate surface area is 213 Å². The lowest BCUT2D eigenvalue weighted by Crippen LogP contribution is -2.39. The summed E-state index contributed by atoms with van der Waals surface area (Å²) >= 11 is 9.14. The Morgan fingerprint density at radius 1 is 1.26 bits per heavy atom. The monoisotopic (exact) mass is 510 g/mol. The van der Waals surface area contributed by atoms with E-state index in [1.807, 2.05) is 61.3 Å². The van der Waals surface area contributed by atoms with Gasteiger partial charge in [-0.05, 0) is 49.6 Å². The summed E-state index contributed by atoms with van der Waals surface area (Å²) in [4.78, 5) is 24.5. The predicted molar refractivity (Wildman–Crippen MR) is 143 cm³/mol. The summed E-state index contributed by atoms with van der Waals surface area (Å²) in [5, 5.41) is 12.0. The van der Waals surface area contributed by atoms with E-state index in [1.165, 1.54) is 42.4 Å². The van der Waals surface area contributed by atoms with Crippen LogP contribution in [0.25, 0.3) is 10.2 Å². The van der Waals surface area contributed by atoms with E-state index in [0.717, 1.165) is 28.6 Å². The molecule has 8 heteroatoms. The first-order chi connectivity index (χ1) is 16.5. The van der Waals surface area contributed by atoms with Crippen LogP contribution >= 0.6 is 34.7 Å². The van der Waals surface area contributed by atoms with Gasteiger partial charge < -0.3 is 4.90 Å². The highest BCUT2D eigenvalue weighted by Gasteiger charge is 2.27. The number of benzene rings is 2. The highest BCUT2D eigenvalue weighted by molar-refractivity contribution is 8.14. The van der Waals surface area contributed by atoms with Crippen molar-refractivity contribution < 1.29 is 4.79 Å². The van der Waals surface area contributed by atoms with Gasteiger partial charge in [-0.2, -0.15) is 5.26 Å². The molecule has 0 aliphatic heterocycles. The fraction of sp³-hybridized carbons (Fsp3) is 0.385. The first-order valence-corrected chi connectivity index (χ1v) is 13.6. The van der Waals surface area contributed by atoms with Gasteiger partial charge in [-0.15, -0.1) is 11.3 Å². The topological polar surface area (TPSA) is 69.3 Å². The molecule has 1 aromatic heterocycles. The first-order valence-electron chi connectivity index (χ1n) is 11.4. The summed E-state index contributed by atoms with van der Waals surface area (Å²) in [6.45, 7) is 1.91. The van der Waals surface area contributed by atoms with Crippen LogP contribution in [0.2, 0.25) is 5.02 Å². The molecule has 1 aliphatic rings. The van der Waals surface area contributed by atoms with Crippen LogP contribution in [0.3, 0.4) is 0 Å². The molecule has 4 rings (SSSR count). The van der Waals surface area contributed by atoms with Crippen LogP contribution in [0.1, 0.15) is 48.6 Å².